The zero-order chi connectivity index (χ0) is 14.5. The van der Waals surface area contributed by atoms with Crippen molar-refractivity contribution >= 4 is 29.1 Å². The lowest BCUT2D eigenvalue weighted by atomic mass is 9.94. The van der Waals surface area contributed by atoms with E-state index in [4.69, 9.17) is 10.5 Å². The minimum Gasteiger partial charge on any atom is -0.465 e. The summed E-state index contributed by atoms with van der Waals surface area (Å²) < 4.78 is 4.70. The third-order valence-electron chi connectivity index (χ3n) is 3.82. The molecule has 3 N–H and O–H groups in total. The number of thioether (sulfide) groups is 1. The maximum absolute atomic E-state index is 11.5. The van der Waals surface area contributed by atoms with Crippen molar-refractivity contribution in [1.29, 1.82) is 0 Å². The molecule has 1 saturated carbocycles. The first-order valence-electron chi connectivity index (χ1n) is 6.93. The SMILES string of the molecule is COC(=O)c1ccc(NC2CCCCC2SC)c(N)c1. The molecule has 2 atom stereocenters. The first-order chi connectivity index (χ1) is 9.65. The summed E-state index contributed by atoms with van der Waals surface area (Å²) in [6, 6.07) is 5.74. The van der Waals surface area contributed by atoms with E-state index in [1.54, 1.807) is 12.1 Å². The summed E-state index contributed by atoms with van der Waals surface area (Å²) in [4.78, 5) is 11.5. The summed E-state index contributed by atoms with van der Waals surface area (Å²) in [6.45, 7) is 0. The molecule has 20 heavy (non-hydrogen) atoms. The molecule has 110 valence electrons. The molecule has 1 aromatic rings. The molecule has 1 aliphatic carbocycles. The Bertz CT molecular complexity index is 479. The van der Waals surface area contributed by atoms with Gasteiger partial charge in [-0.05, 0) is 37.3 Å². The van der Waals surface area contributed by atoms with Gasteiger partial charge in [-0.1, -0.05) is 12.8 Å². The molecular formula is C15H22N2O2S. The predicted octanol–water partition coefficient (Wildman–Crippen LogP) is 3.14. The van der Waals surface area contributed by atoms with Crippen LogP contribution in [0.2, 0.25) is 0 Å². The van der Waals surface area contributed by atoms with Gasteiger partial charge >= 0.3 is 5.97 Å². The van der Waals surface area contributed by atoms with Crippen LogP contribution in [0.3, 0.4) is 0 Å². The van der Waals surface area contributed by atoms with Gasteiger partial charge in [-0.3, -0.25) is 0 Å². The number of nitrogens with one attached hydrogen (secondary N) is 1. The molecule has 1 aliphatic rings. The van der Waals surface area contributed by atoms with Crippen molar-refractivity contribution in [3.63, 3.8) is 0 Å². The van der Waals surface area contributed by atoms with Crippen molar-refractivity contribution in [2.75, 3.05) is 24.4 Å². The lowest BCUT2D eigenvalue weighted by molar-refractivity contribution is 0.0601. The fourth-order valence-electron chi connectivity index (χ4n) is 2.68. The highest BCUT2D eigenvalue weighted by Gasteiger charge is 2.24. The van der Waals surface area contributed by atoms with E-state index in [9.17, 15) is 4.79 Å². The minimum absolute atomic E-state index is 0.358. The highest BCUT2D eigenvalue weighted by Crippen LogP contribution is 2.31. The first-order valence-corrected chi connectivity index (χ1v) is 8.21. The van der Waals surface area contributed by atoms with E-state index in [2.05, 4.69) is 11.6 Å². The average molecular weight is 294 g/mol. The Morgan fingerprint density at radius 3 is 2.80 bits per heavy atom. The van der Waals surface area contributed by atoms with Crippen molar-refractivity contribution in [2.45, 2.75) is 37.0 Å². The number of hydrogen-bond donors (Lipinski definition) is 2. The number of carbonyl (C=O) groups is 1. The number of nitrogen functional groups attached to an aromatic ring is 1. The lowest BCUT2D eigenvalue weighted by Crippen LogP contribution is -2.34. The number of benzene rings is 1. The van der Waals surface area contributed by atoms with Gasteiger partial charge < -0.3 is 15.8 Å². The summed E-state index contributed by atoms with van der Waals surface area (Å²) in [5.74, 6) is -0.358. The van der Waals surface area contributed by atoms with Crippen molar-refractivity contribution in [3.05, 3.63) is 23.8 Å². The standard InChI is InChI=1S/C15H22N2O2S/c1-19-15(18)10-7-8-12(11(16)9-10)17-13-5-3-4-6-14(13)20-2/h7-9,13-14,17H,3-6,16H2,1-2H3. The van der Waals surface area contributed by atoms with Gasteiger partial charge in [-0.15, -0.1) is 0 Å². The second-order valence-corrected chi connectivity index (χ2v) is 6.18. The van der Waals surface area contributed by atoms with Crippen LogP contribution in [0.1, 0.15) is 36.0 Å². The maximum Gasteiger partial charge on any atom is 0.337 e. The molecule has 0 saturated heterocycles. The van der Waals surface area contributed by atoms with Gasteiger partial charge in [0.15, 0.2) is 0 Å². The van der Waals surface area contributed by atoms with Crippen molar-refractivity contribution < 1.29 is 9.53 Å². The zero-order valence-electron chi connectivity index (χ0n) is 12.0. The number of methoxy groups -OCH3 is 1. The summed E-state index contributed by atoms with van der Waals surface area (Å²) in [7, 11) is 1.37. The summed E-state index contributed by atoms with van der Waals surface area (Å²) >= 11 is 1.91. The fourth-order valence-corrected chi connectivity index (χ4v) is 3.62. The summed E-state index contributed by atoms with van der Waals surface area (Å²) in [6.07, 6.45) is 7.15. The number of anilines is 2. The van der Waals surface area contributed by atoms with Gasteiger partial charge in [0.25, 0.3) is 0 Å². The normalized spacial score (nSPS) is 22.3. The highest BCUT2D eigenvalue weighted by molar-refractivity contribution is 7.99. The Morgan fingerprint density at radius 2 is 2.15 bits per heavy atom. The third kappa shape index (κ3) is 3.39. The van der Waals surface area contributed by atoms with Crippen LogP contribution in [0.5, 0.6) is 0 Å². The molecule has 1 fully saturated rings. The molecule has 5 heteroatoms. The van der Waals surface area contributed by atoms with Gasteiger partial charge in [0.05, 0.1) is 24.0 Å². The number of carbonyl (C=O) groups excluding carboxylic acids is 1. The molecule has 0 aliphatic heterocycles. The van der Waals surface area contributed by atoms with Crippen LogP contribution in [0.4, 0.5) is 11.4 Å². The second kappa shape index (κ2) is 6.88. The molecule has 2 unspecified atom stereocenters. The molecule has 0 amide bonds. The van der Waals surface area contributed by atoms with Crippen LogP contribution in [0.25, 0.3) is 0 Å². The van der Waals surface area contributed by atoms with Gasteiger partial charge in [0, 0.05) is 11.3 Å². The van der Waals surface area contributed by atoms with Gasteiger partial charge in [-0.2, -0.15) is 11.8 Å². The van der Waals surface area contributed by atoms with Gasteiger partial charge in [0.1, 0.15) is 0 Å². The van der Waals surface area contributed by atoms with Crippen LogP contribution in [0, 0.1) is 0 Å². The number of nitrogens with two attached hydrogens (primary N) is 1. The van der Waals surface area contributed by atoms with Crippen LogP contribution in [-0.2, 0) is 4.74 Å². The average Bonchev–Trinajstić information content (AvgIpc) is 2.49. The second-order valence-electron chi connectivity index (χ2n) is 5.10. The topological polar surface area (TPSA) is 64.3 Å². The maximum atomic E-state index is 11.5. The molecule has 2 rings (SSSR count). The molecular weight excluding hydrogens is 272 g/mol. The van der Waals surface area contributed by atoms with Crippen LogP contribution in [-0.4, -0.2) is 30.6 Å². The first kappa shape index (κ1) is 15.0. The molecule has 1 aromatic carbocycles. The van der Waals surface area contributed by atoms with Crippen LogP contribution >= 0.6 is 11.8 Å². The van der Waals surface area contributed by atoms with E-state index in [-0.39, 0.29) is 5.97 Å². The van der Waals surface area contributed by atoms with E-state index >= 15 is 0 Å². The Kier molecular flexibility index (Phi) is 5.17. The quantitative estimate of drug-likeness (QED) is 0.660. The van der Waals surface area contributed by atoms with Crippen LogP contribution in [0.15, 0.2) is 18.2 Å². The highest BCUT2D eigenvalue weighted by atomic mass is 32.2. The Morgan fingerprint density at radius 1 is 1.40 bits per heavy atom. The van der Waals surface area contributed by atoms with E-state index in [0.717, 1.165) is 5.69 Å². The molecule has 0 bridgehead atoms. The largest absolute Gasteiger partial charge is 0.465 e. The molecule has 0 heterocycles. The van der Waals surface area contributed by atoms with Gasteiger partial charge in [-0.25, -0.2) is 4.79 Å². The van der Waals surface area contributed by atoms with Crippen molar-refractivity contribution in [3.8, 4) is 0 Å². The van der Waals surface area contributed by atoms with Gasteiger partial charge in [0.2, 0.25) is 0 Å². The molecule has 0 aromatic heterocycles. The fraction of sp³-hybridized carbons (Fsp3) is 0.533. The number of esters is 1. The number of rotatable bonds is 4. The zero-order valence-corrected chi connectivity index (χ0v) is 12.8. The minimum atomic E-state index is -0.358. The Hall–Kier alpha value is -1.36. The number of ether oxygens (including phenoxy) is 1. The summed E-state index contributed by atoms with van der Waals surface area (Å²) in [5.41, 5.74) is 8.03. The molecule has 0 radical (unpaired) electrons. The van der Waals surface area contributed by atoms with E-state index in [1.165, 1.54) is 32.8 Å². The van der Waals surface area contributed by atoms with E-state index in [0.29, 0.717) is 22.5 Å². The van der Waals surface area contributed by atoms with E-state index < -0.39 is 0 Å². The molecule has 0 spiro atoms. The van der Waals surface area contributed by atoms with E-state index in [1.807, 2.05) is 17.8 Å². The van der Waals surface area contributed by atoms with Crippen molar-refractivity contribution in [2.24, 2.45) is 0 Å². The lowest BCUT2D eigenvalue weighted by Gasteiger charge is -2.32. The Balaban J connectivity index is 2.11. The number of hydrogen-bond acceptors (Lipinski definition) is 5. The smallest absolute Gasteiger partial charge is 0.337 e. The third-order valence-corrected chi connectivity index (χ3v) is 4.99. The van der Waals surface area contributed by atoms with Crippen molar-refractivity contribution in [1.82, 2.24) is 0 Å². The monoisotopic (exact) mass is 294 g/mol. The predicted molar refractivity (Wildman–Crippen MR) is 85.4 cm³/mol. The Labute approximate surface area is 124 Å². The van der Waals surface area contributed by atoms with Crippen LogP contribution < -0.4 is 11.1 Å². The summed E-state index contributed by atoms with van der Waals surface area (Å²) in [5, 5.41) is 4.16. The molecule has 4 nitrogen and oxygen atoms in total.